The van der Waals surface area contributed by atoms with Crippen LogP contribution in [0.15, 0.2) is 18.5 Å². The number of hydrogen-bond donors (Lipinski definition) is 1. The van der Waals surface area contributed by atoms with Gasteiger partial charge in [0, 0.05) is 0 Å². The first-order chi connectivity index (χ1) is 4.74. The minimum absolute atomic E-state index is 0.198. The molecule has 0 bridgehead atoms. The van der Waals surface area contributed by atoms with Gasteiger partial charge in [-0.3, -0.25) is 0 Å². The molecule has 0 fully saturated rings. The summed E-state index contributed by atoms with van der Waals surface area (Å²) in [6.45, 7) is 0. The molecular formula is C6H7BClNO. The summed E-state index contributed by atoms with van der Waals surface area (Å²) in [6.07, 6.45) is 2.68. The SMILES string of the molecule is [B]n1ccc(C(O)CCl)c1. The van der Waals surface area contributed by atoms with Crippen LogP contribution in [-0.4, -0.2) is 23.4 Å². The van der Waals surface area contributed by atoms with Gasteiger partial charge in [0.15, 0.2) is 0 Å². The lowest BCUT2D eigenvalue weighted by atomic mass is 10.2. The lowest BCUT2D eigenvalue weighted by molar-refractivity contribution is 0.203. The lowest BCUT2D eigenvalue weighted by Gasteiger charge is -2.01. The molecule has 0 saturated heterocycles. The van der Waals surface area contributed by atoms with Crippen LogP contribution in [0.4, 0.5) is 0 Å². The van der Waals surface area contributed by atoms with Gasteiger partial charge in [-0.1, -0.05) is 0 Å². The summed E-state index contributed by atoms with van der Waals surface area (Å²) in [5.74, 6) is 0.198. The van der Waals surface area contributed by atoms with Gasteiger partial charge in [0.2, 0.25) is 7.98 Å². The van der Waals surface area contributed by atoms with Crippen molar-refractivity contribution in [3.63, 3.8) is 0 Å². The number of halogens is 1. The molecule has 4 heteroatoms. The Bertz CT molecular complexity index is 213. The summed E-state index contributed by atoms with van der Waals surface area (Å²) >= 11 is 5.40. The molecule has 0 amide bonds. The smallest absolute Gasteiger partial charge is 0.233 e. The van der Waals surface area contributed by atoms with E-state index in [9.17, 15) is 0 Å². The molecule has 1 heterocycles. The summed E-state index contributed by atoms with van der Waals surface area (Å²) < 4.78 is 1.38. The van der Waals surface area contributed by atoms with E-state index in [0.29, 0.717) is 0 Å². The zero-order valence-electron chi connectivity index (χ0n) is 5.37. The second-order valence-corrected chi connectivity index (χ2v) is 2.37. The number of aliphatic hydroxyl groups is 1. The van der Waals surface area contributed by atoms with Crippen molar-refractivity contribution in [1.29, 1.82) is 0 Å². The quantitative estimate of drug-likeness (QED) is 0.493. The van der Waals surface area contributed by atoms with Crippen LogP contribution in [0.3, 0.4) is 0 Å². The highest BCUT2D eigenvalue weighted by atomic mass is 35.5. The molecule has 2 radical (unpaired) electrons. The van der Waals surface area contributed by atoms with E-state index in [-0.39, 0.29) is 5.88 Å². The molecule has 1 unspecified atom stereocenters. The summed E-state index contributed by atoms with van der Waals surface area (Å²) in [5, 5.41) is 9.14. The van der Waals surface area contributed by atoms with Crippen LogP contribution in [0.5, 0.6) is 0 Å². The average molecular weight is 155 g/mol. The van der Waals surface area contributed by atoms with Crippen LogP contribution in [-0.2, 0) is 0 Å². The highest BCUT2D eigenvalue weighted by Crippen LogP contribution is 2.12. The van der Waals surface area contributed by atoms with Gasteiger partial charge in [-0.15, -0.1) is 11.6 Å². The third-order valence-corrected chi connectivity index (χ3v) is 1.56. The summed E-state index contributed by atoms with van der Waals surface area (Å²) in [4.78, 5) is 0. The van der Waals surface area contributed by atoms with Crippen molar-refractivity contribution in [1.82, 2.24) is 4.48 Å². The van der Waals surface area contributed by atoms with Crippen LogP contribution in [0.2, 0.25) is 0 Å². The Morgan fingerprint density at radius 3 is 2.90 bits per heavy atom. The summed E-state index contributed by atoms with van der Waals surface area (Å²) in [6, 6.07) is 1.73. The number of hydrogen-bond acceptors (Lipinski definition) is 1. The molecule has 0 aliphatic carbocycles. The lowest BCUT2D eigenvalue weighted by Crippen LogP contribution is -1.96. The largest absolute Gasteiger partial charge is 0.409 e. The minimum atomic E-state index is -0.605. The molecule has 1 aromatic rings. The summed E-state index contributed by atoms with van der Waals surface area (Å²) in [7, 11) is 5.33. The molecule has 1 aromatic heterocycles. The first-order valence-corrected chi connectivity index (χ1v) is 3.44. The number of aliphatic hydroxyl groups excluding tert-OH is 1. The monoisotopic (exact) mass is 155 g/mol. The van der Waals surface area contributed by atoms with Gasteiger partial charge in [-0.2, -0.15) is 0 Å². The highest BCUT2D eigenvalue weighted by Gasteiger charge is 2.04. The van der Waals surface area contributed by atoms with Gasteiger partial charge in [-0.25, -0.2) is 0 Å². The molecule has 2 nitrogen and oxygen atoms in total. The molecule has 10 heavy (non-hydrogen) atoms. The van der Waals surface area contributed by atoms with E-state index >= 15 is 0 Å². The van der Waals surface area contributed by atoms with E-state index in [0.717, 1.165) is 5.56 Å². The first kappa shape index (κ1) is 7.70. The van der Waals surface area contributed by atoms with Crippen LogP contribution < -0.4 is 0 Å². The van der Waals surface area contributed by atoms with Crippen LogP contribution in [0.25, 0.3) is 0 Å². The molecular weight excluding hydrogens is 148 g/mol. The Hall–Kier alpha value is -0.405. The molecule has 0 spiro atoms. The Morgan fingerprint density at radius 1 is 1.80 bits per heavy atom. The van der Waals surface area contributed by atoms with E-state index < -0.39 is 6.10 Å². The Labute approximate surface area is 65.9 Å². The number of aromatic nitrogens is 1. The number of alkyl halides is 1. The fraction of sp³-hybridized carbons (Fsp3) is 0.333. The molecule has 0 saturated carbocycles. The van der Waals surface area contributed by atoms with E-state index in [4.69, 9.17) is 24.7 Å². The average Bonchev–Trinajstić information content (AvgIpc) is 2.34. The Kier molecular flexibility index (Phi) is 2.41. The topological polar surface area (TPSA) is 25.2 Å². The molecule has 1 atom stereocenters. The van der Waals surface area contributed by atoms with Crippen LogP contribution >= 0.6 is 11.6 Å². The zero-order chi connectivity index (χ0) is 7.56. The van der Waals surface area contributed by atoms with Crippen LogP contribution in [0, 0.1) is 0 Å². The van der Waals surface area contributed by atoms with Crippen molar-refractivity contribution in [2.24, 2.45) is 0 Å². The van der Waals surface area contributed by atoms with Crippen molar-refractivity contribution < 1.29 is 5.11 Å². The maximum Gasteiger partial charge on any atom is 0.233 e. The fourth-order valence-electron chi connectivity index (χ4n) is 0.717. The van der Waals surface area contributed by atoms with Crippen molar-refractivity contribution in [3.8, 4) is 0 Å². The van der Waals surface area contributed by atoms with Crippen molar-refractivity contribution >= 4 is 19.6 Å². The predicted octanol–water partition coefficient (Wildman–Crippen LogP) is 0.692. The normalized spacial score (nSPS) is 13.4. The van der Waals surface area contributed by atoms with Gasteiger partial charge in [0.05, 0.1) is 12.0 Å². The predicted molar refractivity (Wildman–Crippen MR) is 41.3 cm³/mol. The molecule has 1 N–H and O–H groups in total. The van der Waals surface area contributed by atoms with Gasteiger partial charge >= 0.3 is 0 Å². The third-order valence-electron chi connectivity index (χ3n) is 1.27. The zero-order valence-corrected chi connectivity index (χ0v) is 6.12. The number of nitrogens with zero attached hydrogens (tertiary/aromatic N) is 1. The van der Waals surface area contributed by atoms with Crippen molar-refractivity contribution in [2.75, 3.05) is 5.88 Å². The van der Waals surface area contributed by atoms with Crippen molar-refractivity contribution in [3.05, 3.63) is 24.0 Å². The second kappa shape index (κ2) is 3.13. The molecule has 1 rings (SSSR count). The Morgan fingerprint density at radius 2 is 2.50 bits per heavy atom. The molecule has 0 aliphatic rings. The first-order valence-electron chi connectivity index (χ1n) is 2.91. The van der Waals surface area contributed by atoms with Crippen LogP contribution in [0.1, 0.15) is 11.7 Å². The van der Waals surface area contributed by atoms with Gasteiger partial charge < -0.3 is 9.58 Å². The standard InChI is InChI=1S/C6H7BClNO/c7-9-2-1-5(4-9)6(10)3-8/h1-2,4,6,10H,3H2. The Balaban J connectivity index is 2.74. The highest BCUT2D eigenvalue weighted by molar-refractivity contribution is 6.18. The third kappa shape index (κ3) is 1.55. The minimum Gasteiger partial charge on any atom is -0.409 e. The van der Waals surface area contributed by atoms with E-state index in [1.807, 2.05) is 0 Å². The van der Waals surface area contributed by atoms with E-state index in [2.05, 4.69) is 0 Å². The fourth-order valence-corrected chi connectivity index (χ4v) is 0.895. The van der Waals surface area contributed by atoms with Gasteiger partial charge in [0.25, 0.3) is 0 Å². The molecule has 52 valence electrons. The van der Waals surface area contributed by atoms with Crippen molar-refractivity contribution in [2.45, 2.75) is 6.10 Å². The number of rotatable bonds is 2. The molecule has 0 aromatic carbocycles. The second-order valence-electron chi connectivity index (χ2n) is 2.06. The van der Waals surface area contributed by atoms with Gasteiger partial charge in [-0.05, 0) is 24.0 Å². The summed E-state index contributed by atoms with van der Waals surface area (Å²) in [5.41, 5.74) is 0.748. The van der Waals surface area contributed by atoms with E-state index in [1.54, 1.807) is 18.5 Å². The van der Waals surface area contributed by atoms with Gasteiger partial charge in [0.1, 0.15) is 0 Å². The van der Waals surface area contributed by atoms with E-state index in [1.165, 1.54) is 4.48 Å². The molecule has 0 aliphatic heterocycles. The maximum absolute atomic E-state index is 9.14. The maximum atomic E-state index is 9.14.